The normalized spacial score (nSPS) is 10.6. The van der Waals surface area contributed by atoms with Crippen LogP contribution >= 0.6 is 23.4 Å². The molecular weight excluding hydrogens is 414 g/mol. The SMILES string of the molecule is CCOc1ccc(NC(=O)CSc2nnc(COc3ccc(Cl)cc3C)o2)cc1. The summed E-state index contributed by atoms with van der Waals surface area (Å²) in [5.41, 5.74) is 1.61. The number of carbonyl (C=O) groups excluding carboxylic acids is 1. The Labute approximate surface area is 177 Å². The van der Waals surface area contributed by atoms with E-state index in [1.807, 2.05) is 19.9 Å². The molecule has 1 aromatic heterocycles. The Bertz CT molecular complexity index is 963. The first-order valence-corrected chi connectivity index (χ1v) is 10.3. The van der Waals surface area contributed by atoms with Crippen molar-refractivity contribution in [1.29, 1.82) is 0 Å². The van der Waals surface area contributed by atoms with E-state index in [2.05, 4.69) is 15.5 Å². The molecule has 7 nitrogen and oxygen atoms in total. The number of rotatable bonds is 9. The number of nitrogens with one attached hydrogen (secondary N) is 1. The van der Waals surface area contributed by atoms with Gasteiger partial charge < -0.3 is 19.2 Å². The predicted octanol–water partition coefficient (Wildman–Crippen LogP) is 4.74. The maximum atomic E-state index is 12.1. The molecule has 0 aliphatic carbocycles. The van der Waals surface area contributed by atoms with Crippen LogP contribution in [-0.2, 0) is 11.4 Å². The van der Waals surface area contributed by atoms with E-state index in [9.17, 15) is 4.79 Å². The summed E-state index contributed by atoms with van der Waals surface area (Å²) in [5.74, 6) is 1.75. The molecule has 0 spiro atoms. The quantitative estimate of drug-likeness (QED) is 0.487. The summed E-state index contributed by atoms with van der Waals surface area (Å²) in [6.07, 6.45) is 0. The second-order valence-electron chi connectivity index (χ2n) is 5.95. The van der Waals surface area contributed by atoms with Crippen molar-refractivity contribution in [1.82, 2.24) is 10.2 Å². The number of carbonyl (C=O) groups is 1. The van der Waals surface area contributed by atoms with E-state index in [0.717, 1.165) is 23.1 Å². The van der Waals surface area contributed by atoms with Crippen molar-refractivity contribution >= 4 is 35.0 Å². The van der Waals surface area contributed by atoms with Gasteiger partial charge in [-0.1, -0.05) is 23.4 Å². The molecule has 0 atom stereocenters. The molecule has 2 aromatic carbocycles. The lowest BCUT2D eigenvalue weighted by Crippen LogP contribution is -2.13. The number of benzene rings is 2. The number of nitrogens with zero attached hydrogens (tertiary/aromatic N) is 2. The molecule has 152 valence electrons. The van der Waals surface area contributed by atoms with Gasteiger partial charge in [-0.15, -0.1) is 10.2 Å². The summed E-state index contributed by atoms with van der Waals surface area (Å²) in [4.78, 5) is 12.1. The van der Waals surface area contributed by atoms with E-state index in [1.165, 1.54) is 0 Å². The Kier molecular flexibility index (Phi) is 7.37. The molecule has 1 N–H and O–H groups in total. The largest absolute Gasteiger partial charge is 0.494 e. The van der Waals surface area contributed by atoms with Crippen LogP contribution in [0.4, 0.5) is 5.69 Å². The van der Waals surface area contributed by atoms with Crippen LogP contribution in [0.3, 0.4) is 0 Å². The molecular formula is C20H20ClN3O4S. The van der Waals surface area contributed by atoms with Crippen LogP contribution < -0.4 is 14.8 Å². The zero-order valence-electron chi connectivity index (χ0n) is 16.0. The van der Waals surface area contributed by atoms with Gasteiger partial charge in [-0.05, 0) is 61.9 Å². The number of aryl methyl sites for hydroxylation is 1. The Hall–Kier alpha value is -2.71. The van der Waals surface area contributed by atoms with Crippen LogP contribution in [0, 0.1) is 6.92 Å². The molecule has 9 heteroatoms. The Balaban J connectivity index is 1.45. The zero-order chi connectivity index (χ0) is 20.6. The first-order chi connectivity index (χ1) is 14.0. The van der Waals surface area contributed by atoms with Gasteiger partial charge in [-0.3, -0.25) is 4.79 Å². The molecule has 1 heterocycles. The highest BCUT2D eigenvalue weighted by Gasteiger charge is 2.11. The highest BCUT2D eigenvalue weighted by molar-refractivity contribution is 7.99. The summed E-state index contributed by atoms with van der Waals surface area (Å²) < 4.78 is 16.5. The van der Waals surface area contributed by atoms with Gasteiger partial charge in [-0.2, -0.15) is 0 Å². The number of ether oxygens (including phenoxy) is 2. The fraction of sp³-hybridized carbons (Fsp3) is 0.250. The lowest BCUT2D eigenvalue weighted by atomic mass is 10.2. The molecule has 0 saturated heterocycles. The summed E-state index contributed by atoms with van der Waals surface area (Å²) in [5, 5.41) is 11.6. The molecule has 0 aliphatic rings. The van der Waals surface area contributed by atoms with Crippen LogP contribution in [0.15, 0.2) is 52.1 Å². The Morgan fingerprint density at radius 1 is 1.17 bits per heavy atom. The number of amides is 1. The maximum Gasteiger partial charge on any atom is 0.277 e. The summed E-state index contributed by atoms with van der Waals surface area (Å²) >= 11 is 7.09. The third-order valence-corrected chi connectivity index (χ3v) is 4.77. The number of halogens is 1. The van der Waals surface area contributed by atoms with Gasteiger partial charge in [0.05, 0.1) is 12.4 Å². The molecule has 0 bridgehead atoms. The molecule has 0 unspecified atom stereocenters. The van der Waals surface area contributed by atoms with Crippen molar-refractivity contribution in [3.8, 4) is 11.5 Å². The number of anilines is 1. The topological polar surface area (TPSA) is 86.5 Å². The minimum atomic E-state index is -0.174. The van der Waals surface area contributed by atoms with Gasteiger partial charge in [0.25, 0.3) is 11.1 Å². The molecule has 29 heavy (non-hydrogen) atoms. The molecule has 0 saturated carbocycles. The molecule has 0 fully saturated rings. The molecule has 1 amide bonds. The van der Waals surface area contributed by atoms with Crippen LogP contribution in [-0.4, -0.2) is 28.5 Å². The monoisotopic (exact) mass is 433 g/mol. The molecule has 0 aliphatic heterocycles. The van der Waals surface area contributed by atoms with Crippen LogP contribution in [0.2, 0.25) is 5.02 Å². The second kappa shape index (κ2) is 10.2. The Morgan fingerprint density at radius 3 is 2.69 bits per heavy atom. The molecule has 3 rings (SSSR count). The maximum absolute atomic E-state index is 12.1. The van der Waals surface area contributed by atoms with Crippen molar-refractivity contribution in [2.45, 2.75) is 25.7 Å². The van der Waals surface area contributed by atoms with Crippen molar-refractivity contribution in [3.05, 3.63) is 58.9 Å². The Morgan fingerprint density at radius 2 is 1.97 bits per heavy atom. The standard InChI is InChI=1S/C20H20ClN3O4S/c1-3-26-16-7-5-15(6-8-16)22-18(25)12-29-20-24-23-19(28-20)11-27-17-9-4-14(21)10-13(17)2/h4-10H,3,11-12H2,1-2H3,(H,22,25). The summed E-state index contributed by atoms with van der Waals surface area (Å²) in [6.45, 7) is 4.55. The minimum Gasteiger partial charge on any atom is -0.494 e. The van der Waals surface area contributed by atoms with Gasteiger partial charge >= 0.3 is 0 Å². The zero-order valence-corrected chi connectivity index (χ0v) is 17.5. The van der Waals surface area contributed by atoms with E-state index in [4.69, 9.17) is 25.5 Å². The van der Waals surface area contributed by atoms with Crippen molar-refractivity contribution < 1.29 is 18.7 Å². The van der Waals surface area contributed by atoms with E-state index >= 15 is 0 Å². The van der Waals surface area contributed by atoms with E-state index in [0.29, 0.717) is 34.2 Å². The van der Waals surface area contributed by atoms with Gasteiger partial charge in [0.15, 0.2) is 6.61 Å². The number of aromatic nitrogens is 2. The molecule has 3 aromatic rings. The minimum absolute atomic E-state index is 0.133. The third kappa shape index (κ3) is 6.40. The number of hydrogen-bond donors (Lipinski definition) is 1. The highest BCUT2D eigenvalue weighted by atomic mass is 35.5. The summed E-state index contributed by atoms with van der Waals surface area (Å²) in [6, 6.07) is 12.5. The third-order valence-electron chi connectivity index (χ3n) is 3.71. The van der Waals surface area contributed by atoms with E-state index in [-0.39, 0.29) is 18.3 Å². The van der Waals surface area contributed by atoms with Gasteiger partial charge in [0.1, 0.15) is 11.5 Å². The lowest BCUT2D eigenvalue weighted by Gasteiger charge is -2.07. The van der Waals surface area contributed by atoms with Gasteiger partial charge in [0, 0.05) is 10.7 Å². The van der Waals surface area contributed by atoms with Crippen molar-refractivity contribution in [2.24, 2.45) is 0 Å². The van der Waals surface area contributed by atoms with Crippen LogP contribution in [0.25, 0.3) is 0 Å². The number of thioether (sulfide) groups is 1. The fourth-order valence-corrected chi connectivity index (χ4v) is 3.20. The van der Waals surface area contributed by atoms with Crippen molar-refractivity contribution in [2.75, 3.05) is 17.7 Å². The lowest BCUT2D eigenvalue weighted by molar-refractivity contribution is -0.113. The predicted molar refractivity (Wildman–Crippen MR) is 112 cm³/mol. The smallest absolute Gasteiger partial charge is 0.277 e. The summed E-state index contributed by atoms with van der Waals surface area (Å²) in [7, 11) is 0. The molecule has 0 radical (unpaired) electrons. The van der Waals surface area contributed by atoms with E-state index < -0.39 is 0 Å². The number of hydrogen-bond acceptors (Lipinski definition) is 7. The highest BCUT2D eigenvalue weighted by Crippen LogP contribution is 2.23. The van der Waals surface area contributed by atoms with Crippen LogP contribution in [0.1, 0.15) is 18.4 Å². The van der Waals surface area contributed by atoms with Crippen LogP contribution in [0.5, 0.6) is 11.5 Å². The fourth-order valence-electron chi connectivity index (χ4n) is 2.39. The van der Waals surface area contributed by atoms with Crippen molar-refractivity contribution in [3.63, 3.8) is 0 Å². The average Bonchev–Trinajstić information content (AvgIpc) is 3.15. The first kappa shape index (κ1) is 21.0. The average molecular weight is 434 g/mol. The second-order valence-corrected chi connectivity index (χ2v) is 7.32. The van der Waals surface area contributed by atoms with Gasteiger partial charge in [-0.25, -0.2) is 0 Å². The first-order valence-electron chi connectivity index (χ1n) is 8.90. The van der Waals surface area contributed by atoms with Gasteiger partial charge in [0.2, 0.25) is 5.91 Å². The van der Waals surface area contributed by atoms with E-state index in [1.54, 1.807) is 36.4 Å².